The van der Waals surface area contributed by atoms with Gasteiger partial charge in [-0.1, -0.05) is 35.1 Å². The highest BCUT2D eigenvalue weighted by Crippen LogP contribution is 2.44. The van der Waals surface area contributed by atoms with Crippen LogP contribution in [0.15, 0.2) is 54.4 Å². The largest absolute Gasteiger partial charge is 0.507 e. The van der Waals surface area contributed by atoms with Crippen molar-refractivity contribution in [1.82, 2.24) is 9.97 Å². The van der Waals surface area contributed by atoms with E-state index in [1.807, 2.05) is 0 Å². The number of ketones is 1. The minimum atomic E-state index is -0.976. The highest BCUT2D eigenvalue weighted by atomic mass is 35.5. The predicted molar refractivity (Wildman–Crippen MR) is 123 cm³/mol. The van der Waals surface area contributed by atoms with Gasteiger partial charge in [0.05, 0.1) is 23.9 Å². The van der Waals surface area contributed by atoms with E-state index in [2.05, 4.69) is 9.97 Å². The van der Waals surface area contributed by atoms with Crippen molar-refractivity contribution in [3.05, 3.63) is 81.1 Å². The maximum atomic E-state index is 13.2. The van der Waals surface area contributed by atoms with E-state index < -0.39 is 23.7 Å². The minimum Gasteiger partial charge on any atom is -0.507 e. The molecule has 0 spiro atoms. The van der Waals surface area contributed by atoms with E-state index in [9.17, 15) is 19.5 Å². The maximum absolute atomic E-state index is 13.2. The number of halogens is 1. The fourth-order valence-corrected chi connectivity index (χ4v) is 4.64. The number of hydrogen-bond donors (Lipinski definition) is 1. The first kappa shape index (κ1) is 22.6. The molecule has 168 valence electrons. The second kappa shape index (κ2) is 9.13. The number of rotatable bonds is 5. The molecule has 0 saturated carbocycles. The summed E-state index contributed by atoms with van der Waals surface area (Å²) in [6.07, 6.45) is 2.94. The summed E-state index contributed by atoms with van der Waals surface area (Å²) in [5.41, 5.74) is 1.16. The maximum Gasteiger partial charge on any atom is 0.350 e. The highest BCUT2D eigenvalue weighted by molar-refractivity contribution is 7.17. The van der Waals surface area contributed by atoms with Gasteiger partial charge in [0, 0.05) is 23.0 Å². The SMILES string of the molecule is CCOC(=O)c1sc(N2C(=O)C(=O)/C(=C(/O)c3ccncc3)C2c2ccc(Cl)cc2)nc1C. The number of nitrogens with zero attached hydrogens (tertiary/aromatic N) is 3. The van der Waals surface area contributed by atoms with E-state index in [0.29, 0.717) is 21.8 Å². The third-order valence-corrected chi connectivity index (χ3v) is 6.42. The van der Waals surface area contributed by atoms with Crippen LogP contribution in [0, 0.1) is 6.92 Å². The van der Waals surface area contributed by atoms with Gasteiger partial charge < -0.3 is 9.84 Å². The molecule has 4 rings (SSSR count). The molecule has 1 unspecified atom stereocenters. The minimum absolute atomic E-state index is 0.0981. The second-order valence-electron chi connectivity index (χ2n) is 7.09. The number of carbonyl (C=O) groups excluding carboxylic acids is 3. The Balaban J connectivity index is 1.90. The molecule has 8 nitrogen and oxygen atoms in total. The molecular weight excluding hydrogens is 466 g/mol. The van der Waals surface area contributed by atoms with Gasteiger partial charge in [0.25, 0.3) is 5.78 Å². The lowest BCUT2D eigenvalue weighted by Crippen LogP contribution is -2.29. The Morgan fingerprint density at radius 3 is 2.48 bits per heavy atom. The Morgan fingerprint density at radius 1 is 1.18 bits per heavy atom. The fraction of sp³-hybridized carbons (Fsp3) is 0.174. The first-order chi connectivity index (χ1) is 15.8. The molecule has 1 amide bonds. The van der Waals surface area contributed by atoms with Crippen molar-refractivity contribution in [2.45, 2.75) is 19.9 Å². The highest BCUT2D eigenvalue weighted by Gasteiger charge is 2.48. The molecular formula is C23H18ClN3O5S. The Bertz CT molecular complexity index is 1270. The molecule has 3 aromatic rings. The van der Waals surface area contributed by atoms with Crippen LogP contribution < -0.4 is 4.90 Å². The average Bonchev–Trinajstić information content (AvgIpc) is 3.32. The molecule has 0 aliphatic carbocycles. The number of anilines is 1. The van der Waals surface area contributed by atoms with Gasteiger partial charge in [0.1, 0.15) is 10.6 Å². The number of benzene rings is 1. The second-order valence-corrected chi connectivity index (χ2v) is 8.50. The number of thiazole rings is 1. The summed E-state index contributed by atoms with van der Waals surface area (Å²) < 4.78 is 5.07. The van der Waals surface area contributed by atoms with Gasteiger partial charge in [-0.25, -0.2) is 9.78 Å². The van der Waals surface area contributed by atoms with Gasteiger partial charge in [-0.15, -0.1) is 0 Å². The number of hydrogen-bond acceptors (Lipinski definition) is 8. The summed E-state index contributed by atoms with van der Waals surface area (Å²) in [5, 5.41) is 11.6. The molecule has 1 atom stereocenters. The van der Waals surface area contributed by atoms with Gasteiger partial charge >= 0.3 is 11.9 Å². The number of pyridine rings is 1. The summed E-state index contributed by atoms with van der Waals surface area (Å²) in [5.74, 6) is -2.63. The number of carbonyl (C=O) groups is 3. The Kier molecular flexibility index (Phi) is 6.26. The van der Waals surface area contributed by atoms with Crippen LogP contribution in [0.4, 0.5) is 5.13 Å². The van der Waals surface area contributed by atoms with E-state index in [4.69, 9.17) is 16.3 Å². The Morgan fingerprint density at radius 2 is 1.85 bits per heavy atom. The van der Waals surface area contributed by atoms with Crippen LogP contribution in [-0.4, -0.2) is 39.3 Å². The molecule has 1 aliphatic heterocycles. The Hall–Kier alpha value is -3.56. The van der Waals surface area contributed by atoms with Gasteiger partial charge in [-0.05, 0) is 43.7 Å². The Labute approximate surface area is 198 Å². The molecule has 2 aromatic heterocycles. The van der Waals surface area contributed by atoms with Gasteiger partial charge in [-0.3, -0.25) is 19.5 Å². The molecule has 33 heavy (non-hydrogen) atoms. The van der Waals surface area contributed by atoms with Crippen LogP contribution in [0.2, 0.25) is 5.02 Å². The molecule has 1 aliphatic rings. The predicted octanol–water partition coefficient (Wildman–Crippen LogP) is 4.30. The number of aromatic nitrogens is 2. The standard InChI is InChI=1S/C23H18ClN3O5S/c1-3-32-22(31)20-12(2)26-23(33-20)27-17(13-4-6-15(24)7-5-13)16(19(29)21(27)30)18(28)14-8-10-25-11-9-14/h4-11,17,28H,3H2,1-2H3/b18-16+. The van der Waals surface area contributed by atoms with Gasteiger partial charge in [0.2, 0.25) is 0 Å². The zero-order valence-corrected chi connectivity index (χ0v) is 19.2. The first-order valence-electron chi connectivity index (χ1n) is 9.94. The van der Waals surface area contributed by atoms with Crippen molar-refractivity contribution in [3.8, 4) is 0 Å². The van der Waals surface area contributed by atoms with Crippen molar-refractivity contribution in [3.63, 3.8) is 0 Å². The number of aliphatic hydroxyl groups is 1. The van der Waals surface area contributed by atoms with E-state index in [1.54, 1.807) is 38.1 Å². The van der Waals surface area contributed by atoms with Crippen molar-refractivity contribution in [2.24, 2.45) is 0 Å². The number of Topliss-reactive ketones (excluding diaryl/α,β-unsaturated/α-hetero) is 1. The van der Waals surface area contributed by atoms with Gasteiger partial charge in [0.15, 0.2) is 5.13 Å². The summed E-state index contributed by atoms with van der Waals surface area (Å²) in [6.45, 7) is 3.50. The van der Waals surface area contributed by atoms with E-state index >= 15 is 0 Å². The van der Waals surface area contributed by atoms with Crippen LogP contribution >= 0.6 is 22.9 Å². The molecule has 10 heteroatoms. The normalized spacial score (nSPS) is 17.4. The fourth-order valence-electron chi connectivity index (χ4n) is 3.53. The number of amides is 1. The lowest BCUT2D eigenvalue weighted by Gasteiger charge is -2.23. The molecule has 1 aromatic carbocycles. The molecule has 3 heterocycles. The zero-order chi connectivity index (χ0) is 23.7. The monoisotopic (exact) mass is 483 g/mol. The third kappa shape index (κ3) is 4.12. The van der Waals surface area contributed by atoms with Crippen LogP contribution in [0.1, 0.15) is 39.5 Å². The number of esters is 1. The zero-order valence-electron chi connectivity index (χ0n) is 17.6. The topological polar surface area (TPSA) is 110 Å². The quantitative estimate of drug-likeness (QED) is 0.249. The van der Waals surface area contributed by atoms with Crippen LogP contribution in [-0.2, 0) is 14.3 Å². The van der Waals surface area contributed by atoms with E-state index in [1.165, 1.54) is 29.4 Å². The number of ether oxygens (including phenoxy) is 1. The number of aryl methyl sites for hydroxylation is 1. The first-order valence-corrected chi connectivity index (χ1v) is 11.1. The molecule has 1 fully saturated rings. The molecule has 0 radical (unpaired) electrons. The van der Waals surface area contributed by atoms with Crippen LogP contribution in [0.3, 0.4) is 0 Å². The smallest absolute Gasteiger partial charge is 0.350 e. The average molecular weight is 484 g/mol. The molecule has 1 saturated heterocycles. The van der Waals surface area contributed by atoms with E-state index in [-0.39, 0.29) is 27.9 Å². The van der Waals surface area contributed by atoms with Crippen molar-refractivity contribution in [2.75, 3.05) is 11.5 Å². The van der Waals surface area contributed by atoms with Crippen molar-refractivity contribution in [1.29, 1.82) is 0 Å². The van der Waals surface area contributed by atoms with Gasteiger partial charge in [-0.2, -0.15) is 0 Å². The van der Waals surface area contributed by atoms with Crippen molar-refractivity contribution < 1.29 is 24.2 Å². The lowest BCUT2D eigenvalue weighted by molar-refractivity contribution is -0.132. The summed E-state index contributed by atoms with van der Waals surface area (Å²) in [6, 6.07) is 8.68. The van der Waals surface area contributed by atoms with Crippen LogP contribution in [0.5, 0.6) is 0 Å². The van der Waals surface area contributed by atoms with Crippen LogP contribution in [0.25, 0.3) is 5.76 Å². The third-order valence-electron chi connectivity index (χ3n) is 5.04. The summed E-state index contributed by atoms with van der Waals surface area (Å²) in [7, 11) is 0. The summed E-state index contributed by atoms with van der Waals surface area (Å²) in [4.78, 5) is 48.3. The molecule has 0 bridgehead atoms. The lowest BCUT2D eigenvalue weighted by atomic mass is 9.96. The molecule has 1 N–H and O–H groups in total. The summed E-state index contributed by atoms with van der Waals surface area (Å²) >= 11 is 6.98. The van der Waals surface area contributed by atoms with E-state index in [0.717, 1.165) is 11.3 Å². The van der Waals surface area contributed by atoms with Crippen molar-refractivity contribution >= 4 is 51.5 Å². The number of aliphatic hydroxyl groups excluding tert-OH is 1.